The largest absolute Gasteiger partial charge is 0.394 e. The van der Waals surface area contributed by atoms with Crippen LogP contribution in [0, 0.1) is 5.92 Å². The molecular weight excluding hydrogens is 749 g/mol. The molecule has 0 aromatic carbocycles. The average molecular weight is 843 g/mol. The van der Waals surface area contributed by atoms with E-state index in [1.54, 1.807) is 0 Å². The van der Waals surface area contributed by atoms with Crippen molar-refractivity contribution in [3.8, 4) is 0 Å². The van der Waals surface area contributed by atoms with E-state index >= 15 is 0 Å². The molecule has 7 N–H and O–H groups in total. The molecule has 59 heavy (non-hydrogen) atoms. The van der Waals surface area contributed by atoms with Gasteiger partial charge in [-0.25, -0.2) is 0 Å². The van der Waals surface area contributed by atoms with Gasteiger partial charge in [-0.2, -0.15) is 0 Å². The van der Waals surface area contributed by atoms with E-state index in [4.69, 9.17) is 9.47 Å². The number of rotatable bonds is 40. The van der Waals surface area contributed by atoms with Crippen molar-refractivity contribution in [3.05, 3.63) is 0 Å². The predicted molar refractivity (Wildman–Crippen MR) is 239 cm³/mol. The van der Waals surface area contributed by atoms with Gasteiger partial charge in [0.25, 0.3) is 0 Å². The zero-order valence-corrected chi connectivity index (χ0v) is 38.4. The highest BCUT2D eigenvalue weighted by Gasteiger charge is 2.46. The maximum Gasteiger partial charge on any atom is 0.220 e. The Morgan fingerprint density at radius 2 is 1.05 bits per heavy atom. The Bertz CT molecular complexity index is 988. The van der Waals surface area contributed by atoms with Crippen LogP contribution in [0.25, 0.3) is 0 Å². The molecule has 8 unspecified atom stereocenters. The van der Waals surface area contributed by atoms with Crippen molar-refractivity contribution in [1.82, 2.24) is 10.6 Å². The van der Waals surface area contributed by atoms with Crippen LogP contribution in [0.1, 0.15) is 227 Å². The number of aliphatic hydroxyl groups excluding tert-OH is 5. The summed E-state index contributed by atoms with van der Waals surface area (Å²) in [5, 5.41) is 58.5. The summed E-state index contributed by atoms with van der Waals surface area (Å²) in [5.41, 5.74) is 0. The first-order valence-corrected chi connectivity index (χ1v) is 24.7. The molecule has 350 valence electrons. The average Bonchev–Trinajstić information content (AvgIpc) is 3.21. The van der Waals surface area contributed by atoms with Gasteiger partial charge in [0.05, 0.1) is 25.4 Å². The first-order chi connectivity index (χ1) is 28.5. The summed E-state index contributed by atoms with van der Waals surface area (Å²) in [5.74, 6) is 0.0308. The number of nitrogens with one attached hydrogen (secondary N) is 2. The molecule has 0 aromatic rings. The van der Waals surface area contributed by atoms with E-state index in [0.717, 1.165) is 50.9 Å². The molecule has 2 amide bonds. The molecule has 0 radical (unpaired) electrons. The molecule has 0 aromatic heterocycles. The van der Waals surface area contributed by atoms with Crippen LogP contribution in [0.5, 0.6) is 0 Å². The predicted octanol–water partition coefficient (Wildman–Crippen LogP) is 8.92. The normalized spacial score (nSPS) is 21.1. The van der Waals surface area contributed by atoms with Crippen molar-refractivity contribution >= 4 is 11.8 Å². The molecule has 11 nitrogen and oxygen atoms in total. The van der Waals surface area contributed by atoms with E-state index in [0.29, 0.717) is 12.8 Å². The number of hydrogen-bond acceptors (Lipinski definition) is 9. The lowest BCUT2D eigenvalue weighted by atomic mass is 9.96. The third-order valence-corrected chi connectivity index (χ3v) is 12.1. The maximum atomic E-state index is 13.1. The molecule has 0 spiro atoms. The fourth-order valence-corrected chi connectivity index (χ4v) is 8.26. The zero-order valence-electron chi connectivity index (χ0n) is 38.4. The van der Waals surface area contributed by atoms with E-state index in [2.05, 4.69) is 31.4 Å². The Morgan fingerprint density at radius 1 is 0.627 bits per heavy atom. The summed E-state index contributed by atoms with van der Waals surface area (Å²) in [6.45, 7) is 7.19. The second kappa shape index (κ2) is 37.2. The summed E-state index contributed by atoms with van der Waals surface area (Å²) in [6.07, 6.45) is 28.6. The summed E-state index contributed by atoms with van der Waals surface area (Å²) in [4.78, 5) is 25.0. The third-order valence-electron chi connectivity index (χ3n) is 12.1. The molecule has 0 bridgehead atoms. The van der Waals surface area contributed by atoms with Crippen molar-refractivity contribution in [3.63, 3.8) is 0 Å². The van der Waals surface area contributed by atoms with Crippen molar-refractivity contribution < 1.29 is 44.6 Å². The Balaban J connectivity index is 2.47. The highest BCUT2D eigenvalue weighted by molar-refractivity contribution is 5.76. The van der Waals surface area contributed by atoms with Gasteiger partial charge in [-0.05, 0) is 18.8 Å². The van der Waals surface area contributed by atoms with Gasteiger partial charge in [-0.15, -0.1) is 0 Å². The molecule has 1 rings (SSSR count). The highest BCUT2D eigenvalue weighted by Crippen LogP contribution is 2.24. The standard InChI is InChI=1S/C48H94N2O9/c1-5-6-7-8-9-10-11-12-13-14-15-16-17-18-19-23-26-29-32-35-43(54)50-40(37-58-48-44(49-39(4)52)47(57)46(56)42(36-51)59-48)45(55)41(53)34-31-28-25-22-20-21-24-27-30-33-38(2)3/h38,40-42,44-48,51,53,55-57H,5-37H2,1-4H3,(H,49,52)(H,50,54). The molecule has 1 aliphatic heterocycles. The van der Waals surface area contributed by atoms with Gasteiger partial charge in [0.2, 0.25) is 11.8 Å². The van der Waals surface area contributed by atoms with Crippen LogP contribution in [0.4, 0.5) is 0 Å². The second-order valence-electron chi connectivity index (χ2n) is 18.3. The monoisotopic (exact) mass is 843 g/mol. The molecule has 1 heterocycles. The van der Waals surface area contributed by atoms with Gasteiger partial charge in [-0.3, -0.25) is 9.59 Å². The van der Waals surface area contributed by atoms with Gasteiger partial charge in [-0.1, -0.05) is 201 Å². The molecule has 0 aliphatic carbocycles. The number of unbranched alkanes of at least 4 members (excludes halogenated alkanes) is 26. The SMILES string of the molecule is CCCCCCCCCCCCCCCCCCCCCC(=O)NC(COC1OC(CO)C(O)C(O)C1NC(C)=O)C(O)C(O)CCCCCCCCCCCC(C)C. The molecule has 0 saturated carbocycles. The Hall–Kier alpha value is -1.34. The van der Waals surface area contributed by atoms with Gasteiger partial charge >= 0.3 is 0 Å². The Kier molecular flexibility index (Phi) is 35.1. The van der Waals surface area contributed by atoms with E-state index < -0.39 is 61.4 Å². The van der Waals surface area contributed by atoms with Crippen LogP contribution in [0.3, 0.4) is 0 Å². The Morgan fingerprint density at radius 3 is 1.47 bits per heavy atom. The third kappa shape index (κ3) is 28.8. The van der Waals surface area contributed by atoms with Crippen molar-refractivity contribution in [2.75, 3.05) is 13.2 Å². The quantitative estimate of drug-likeness (QED) is 0.0297. The minimum Gasteiger partial charge on any atom is -0.394 e. The minimum atomic E-state index is -1.49. The van der Waals surface area contributed by atoms with Crippen LogP contribution >= 0.6 is 0 Å². The number of aliphatic hydroxyl groups is 5. The zero-order chi connectivity index (χ0) is 43.5. The van der Waals surface area contributed by atoms with Crippen molar-refractivity contribution in [2.24, 2.45) is 5.92 Å². The number of carbonyl (C=O) groups is 2. The van der Waals surface area contributed by atoms with Crippen molar-refractivity contribution in [2.45, 2.75) is 276 Å². The molecule has 1 fully saturated rings. The van der Waals surface area contributed by atoms with Crippen LogP contribution in [-0.2, 0) is 19.1 Å². The van der Waals surface area contributed by atoms with Gasteiger partial charge in [0.15, 0.2) is 6.29 Å². The smallest absolute Gasteiger partial charge is 0.220 e. The lowest BCUT2D eigenvalue weighted by Gasteiger charge is -2.42. The number of hydrogen-bond donors (Lipinski definition) is 7. The Labute approximate surface area is 361 Å². The first-order valence-electron chi connectivity index (χ1n) is 24.7. The van der Waals surface area contributed by atoms with E-state index in [9.17, 15) is 35.1 Å². The first kappa shape index (κ1) is 55.7. The molecule has 1 aliphatic rings. The fourth-order valence-electron chi connectivity index (χ4n) is 8.26. The number of amides is 2. The van der Waals surface area contributed by atoms with Crippen LogP contribution in [-0.4, -0.2) is 99.5 Å². The van der Waals surface area contributed by atoms with Crippen LogP contribution in [0.15, 0.2) is 0 Å². The molecule has 11 heteroatoms. The van der Waals surface area contributed by atoms with Crippen LogP contribution in [0.2, 0.25) is 0 Å². The van der Waals surface area contributed by atoms with Gasteiger partial charge < -0.3 is 45.6 Å². The van der Waals surface area contributed by atoms with Crippen LogP contribution < -0.4 is 10.6 Å². The number of ether oxygens (including phenoxy) is 2. The second-order valence-corrected chi connectivity index (χ2v) is 18.3. The summed E-state index contributed by atoms with van der Waals surface area (Å²) < 4.78 is 11.6. The topological polar surface area (TPSA) is 178 Å². The lowest BCUT2D eigenvalue weighted by molar-refractivity contribution is -0.272. The fraction of sp³-hybridized carbons (Fsp3) is 0.958. The lowest BCUT2D eigenvalue weighted by Crippen LogP contribution is -2.65. The maximum absolute atomic E-state index is 13.1. The molecule has 1 saturated heterocycles. The summed E-state index contributed by atoms with van der Waals surface area (Å²) in [6, 6.07) is -2.15. The highest BCUT2D eigenvalue weighted by atomic mass is 16.7. The van der Waals surface area contributed by atoms with Crippen molar-refractivity contribution in [1.29, 1.82) is 0 Å². The van der Waals surface area contributed by atoms with Gasteiger partial charge in [0, 0.05) is 13.3 Å². The summed E-state index contributed by atoms with van der Waals surface area (Å²) in [7, 11) is 0. The number of carbonyl (C=O) groups excluding carboxylic acids is 2. The van der Waals surface area contributed by atoms with E-state index in [-0.39, 0.29) is 18.9 Å². The summed E-state index contributed by atoms with van der Waals surface area (Å²) >= 11 is 0. The van der Waals surface area contributed by atoms with E-state index in [1.165, 1.54) is 142 Å². The van der Waals surface area contributed by atoms with Gasteiger partial charge in [0.1, 0.15) is 30.5 Å². The molecular formula is C48H94N2O9. The molecule has 8 atom stereocenters. The van der Waals surface area contributed by atoms with E-state index in [1.807, 2.05) is 0 Å². The minimum absolute atomic E-state index is 0.257.